The molecule has 3 rings (SSSR count). The lowest BCUT2D eigenvalue weighted by Gasteiger charge is -2.36. The minimum absolute atomic E-state index is 0.0485. The van der Waals surface area contributed by atoms with Gasteiger partial charge < -0.3 is 25.8 Å². The molecule has 2 saturated heterocycles. The molecule has 0 aromatic heterocycles. The van der Waals surface area contributed by atoms with Crippen LogP contribution >= 0.6 is 23.2 Å². The summed E-state index contributed by atoms with van der Waals surface area (Å²) in [7, 11) is 0. The van der Waals surface area contributed by atoms with Gasteiger partial charge in [0.05, 0.1) is 16.6 Å². The molecule has 0 atom stereocenters. The first-order valence-electron chi connectivity index (χ1n) is 9.65. The predicted molar refractivity (Wildman–Crippen MR) is 112 cm³/mol. The lowest BCUT2D eigenvalue weighted by Crippen LogP contribution is -2.53. The van der Waals surface area contributed by atoms with Gasteiger partial charge in [0.1, 0.15) is 0 Å². The highest BCUT2D eigenvalue weighted by Gasteiger charge is 2.27. The maximum atomic E-state index is 12.4. The second kappa shape index (κ2) is 9.54. The summed E-state index contributed by atoms with van der Waals surface area (Å²) in [5.74, 6) is -0.624. The molecular formula is C19H25Cl2N5O3. The third kappa shape index (κ3) is 5.45. The van der Waals surface area contributed by atoms with Gasteiger partial charge in [0.15, 0.2) is 0 Å². The Bertz CT molecular complexity index is 775. The number of urea groups is 1. The van der Waals surface area contributed by atoms with Crippen LogP contribution in [0.1, 0.15) is 12.8 Å². The van der Waals surface area contributed by atoms with Crippen LogP contribution in [0.15, 0.2) is 18.2 Å². The zero-order valence-corrected chi connectivity index (χ0v) is 17.6. The van der Waals surface area contributed by atoms with E-state index < -0.39 is 0 Å². The number of piperidine rings is 1. The molecule has 0 spiro atoms. The van der Waals surface area contributed by atoms with Crippen molar-refractivity contribution in [3.63, 3.8) is 0 Å². The number of halogens is 2. The summed E-state index contributed by atoms with van der Waals surface area (Å²) < 4.78 is 0. The van der Waals surface area contributed by atoms with E-state index in [1.54, 1.807) is 15.9 Å². The smallest absolute Gasteiger partial charge is 0.317 e. The van der Waals surface area contributed by atoms with E-state index in [1.807, 2.05) is 12.1 Å². The first kappa shape index (κ1) is 21.5. The number of carbonyl (C=O) groups is 3. The van der Waals surface area contributed by atoms with E-state index in [1.165, 1.54) is 0 Å². The molecule has 0 aliphatic carbocycles. The number of nitrogens with two attached hydrogens (primary N) is 1. The second-order valence-electron chi connectivity index (χ2n) is 7.29. The van der Waals surface area contributed by atoms with Gasteiger partial charge in [0, 0.05) is 50.9 Å². The molecule has 0 unspecified atom stereocenters. The van der Waals surface area contributed by atoms with E-state index in [0.29, 0.717) is 62.2 Å². The number of rotatable bonds is 4. The van der Waals surface area contributed by atoms with Crippen LogP contribution in [0, 0.1) is 5.92 Å². The molecule has 29 heavy (non-hydrogen) atoms. The van der Waals surface area contributed by atoms with Gasteiger partial charge in [-0.25, -0.2) is 4.79 Å². The standard InChI is InChI=1S/C19H25Cl2N5O3/c20-15-2-1-14(11-16(15)21)24-7-9-26(10-8-24)19(29)23-12-17(27)25-5-3-13(4-6-25)18(22)28/h1-2,11,13H,3-10,12H2,(H2,22,28)(H,23,29). The van der Waals surface area contributed by atoms with Crippen LogP contribution in [-0.4, -0.2) is 73.5 Å². The molecule has 0 saturated carbocycles. The molecule has 2 heterocycles. The van der Waals surface area contributed by atoms with E-state index in [4.69, 9.17) is 28.9 Å². The van der Waals surface area contributed by atoms with Gasteiger partial charge in [-0.05, 0) is 31.0 Å². The van der Waals surface area contributed by atoms with E-state index in [0.717, 1.165) is 5.69 Å². The van der Waals surface area contributed by atoms with E-state index in [-0.39, 0.29) is 30.3 Å². The highest BCUT2D eigenvalue weighted by molar-refractivity contribution is 6.42. The highest BCUT2D eigenvalue weighted by atomic mass is 35.5. The number of carbonyl (C=O) groups excluding carboxylic acids is 3. The van der Waals surface area contributed by atoms with Crippen LogP contribution < -0.4 is 16.0 Å². The number of anilines is 1. The molecule has 1 aromatic carbocycles. The molecule has 0 radical (unpaired) electrons. The number of hydrogen-bond donors (Lipinski definition) is 2. The second-order valence-corrected chi connectivity index (χ2v) is 8.10. The van der Waals surface area contributed by atoms with Crippen LogP contribution in [0.4, 0.5) is 10.5 Å². The summed E-state index contributed by atoms with van der Waals surface area (Å²) in [5.41, 5.74) is 6.28. The molecule has 8 nitrogen and oxygen atoms in total. The van der Waals surface area contributed by atoms with Crippen LogP contribution in [0.2, 0.25) is 10.0 Å². The predicted octanol–water partition coefficient (Wildman–Crippen LogP) is 1.55. The zero-order valence-electron chi connectivity index (χ0n) is 16.1. The van der Waals surface area contributed by atoms with Crippen molar-refractivity contribution < 1.29 is 14.4 Å². The zero-order chi connectivity index (χ0) is 21.0. The van der Waals surface area contributed by atoms with Crippen molar-refractivity contribution in [2.45, 2.75) is 12.8 Å². The molecule has 10 heteroatoms. The fourth-order valence-electron chi connectivity index (χ4n) is 3.64. The first-order chi connectivity index (χ1) is 13.8. The van der Waals surface area contributed by atoms with Crippen molar-refractivity contribution in [2.75, 3.05) is 50.7 Å². The Morgan fingerprint density at radius 3 is 2.21 bits per heavy atom. The van der Waals surface area contributed by atoms with Gasteiger partial charge in [-0.2, -0.15) is 0 Å². The van der Waals surface area contributed by atoms with Crippen molar-refractivity contribution in [3.05, 3.63) is 28.2 Å². The molecule has 2 aliphatic heterocycles. The average molecular weight is 442 g/mol. The van der Waals surface area contributed by atoms with Gasteiger partial charge in [-0.3, -0.25) is 9.59 Å². The maximum Gasteiger partial charge on any atom is 0.317 e. The highest BCUT2D eigenvalue weighted by Crippen LogP contribution is 2.27. The maximum absolute atomic E-state index is 12.4. The van der Waals surface area contributed by atoms with Gasteiger partial charge >= 0.3 is 6.03 Å². The number of hydrogen-bond acceptors (Lipinski definition) is 4. The Morgan fingerprint density at radius 1 is 0.966 bits per heavy atom. The summed E-state index contributed by atoms with van der Waals surface area (Å²) in [6.07, 6.45) is 1.15. The summed E-state index contributed by atoms with van der Waals surface area (Å²) in [6.45, 7) is 3.36. The first-order valence-corrected chi connectivity index (χ1v) is 10.4. The Kier molecular flexibility index (Phi) is 7.08. The minimum atomic E-state index is -0.314. The molecule has 1 aromatic rings. The van der Waals surface area contributed by atoms with Crippen molar-refractivity contribution in [2.24, 2.45) is 11.7 Å². The number of benzene rings is 1. The minimum Gasteiger partial charge on any atom is -0.369 e. The Labute approximate surface area is 179 Å². The number of amides is 4. The fourth-order valence-corrected chi connectivity index (χ4v) is 3.93. The largest absolute Gasteiger partial charge is 0.369 e. The molecule has 4 amide bonds. The van der Waals surface area contributed by atoms with E-state index in [2.05, 4.69) is 10.2 Å². The van der Waals surface area contributed by atoms with Gasteiger partial charge in [0.25, 0.3) is 0 Å². The lowest BCUT2D eigenvalue weighted by molar-refractivity contribution is -0.133. The Hall–Kier alpha value is -2.19. The summed E-state index contributed by atoms with van der Waals surface area (Å²) in [5, 5.41) is 3.72. The Morgan fingerprint density at radius 2 is 1.62 bits per heavy atom. The molecule has 158 valence electrons. The van der Waals surface area contributed by atoms with Crippen molar-refractivity contribution >= 4 is 46.7 Å². The monoisotopic (exact) mass is 441 g/mol. The summed E-state index contributed by atoms with van der Waals surface area (Å²) in [6, 6.07) is 5.24. The normalized spacial score (nSPS) is 17.9. The van der Waals surface area contributed by atoms with Gasteiger partial charge in [0.2, 0.25) is 11.8 Å². The van der Waals surface area contributed by atoms with E-state index >= 15 is 0 Å². The van der Waals surface area contributed by atoms with E-state index in [9.17, 15) is 14.4 Å². The quantitative estimate of drug-likeness (QED) is 0.739. The van der Waals surface area contributed by atoms with Crippen molar-refractivity contribution in [3.8, 4) is 0 Å². The van der Waals surface area contributed by atoms with Crippen molar-refractivity contribution in [1.29, 1.82) is 0 Å². The SMILES string of the molecule is NC(=O)C1CCN(C(=O)CNC(=O)N2CCN(c3ccc(Cl)c(Cl)c3)CC2)CC1. The average Bonchev–Trinajstić information content (AvgIpc) is 2.74. The third-order valence-corrected chi connectivity index (χ3v) is 6.22. The van der Waals surface area contributed by atoms with Gasteiger partial charge in [-0.15, -0.1) is 0 Å². The number of piperazine rings is 1. The fraction of sp³-hybridized carbons (Fsp3) is 0.526. The van der Waals surface area contributed by atoms with Crippen molar-refractivity contribution in [1.82, 2.24) is 15.1 Å². The number of nitrogens with zero attached hydrogens (tertiary/aromatic N) is 3. The van der Waals surface area contributed by atoms with Crippen LogP contribution in [0.5, 0.6) is 0 Å². The van der Waals surface area contributed by atoms with Crippen LogP contribution in [0.3, 0.4) is 0 Å². The topological polar surface area (TPSA) is 99.0 Å². The number of likely N-dealkylation sites (tertiary alicyclic amines) is 1. The molecule has 2 fully saturated rings. The molecule has 0 bridgehead atoms. The summed E-state index contributed by atoms with van der Waals surface area (Å²) >= 11 is 12.0. The Balaban J connectivity index is 1.41. The van der Waals surface area contributed by atoms with Crippen LogP contribution in [-0.2, 0) is 9.59 Å². The van der Waals surface area contributed by atoms with Crippen LogP contribution in [0.25, 0.3) is 0 Å². The molecule has 3 N–H and O–H groups in total. The summed E-state index contributed by atoms with van der Waals surface area (Å²) in [4.78, 5) is 41.4. The van der Waals surface area contributed by atoms with Gasteiger partial charge in [-0.1, -0.05) is 23.2 Å². The molecular weight excluding hydrogens is 417 g/mol. The number of primary amides is 1. The lowest BCUT2D eigenvalue weighted by atomic mass is 9.96. The number of nitrogens with one attached hydrogen (secondary N) is 1. The third-order valence-electron chi connectivity index (χ3n) is 5.48. The molecule has 2 aliphatic rings.